The second-order valence-electron chi connectivity index (χ2n) is 4.90. The Labute approximate surface area is 153 Å². The van der Waals surface area contributed by atoms with Crippen molar-refractivity contribution >= 4 is 45.5 Å². The summed E-state index contributed by atoms with van der Waals surface area (Å²) in [5, 5.41) is 3.30. The van der Waals surface area contributed by atoms with E-state index < -0.39 is 5.97 Å². The Morgan fingerprint density at radius 2 is 1.92 bits per heavy atom. The highest BCUT2D eigenvalue weighted by atomic mass is 79.9. The van der Waals surface area contributed by atoms with Crippen LogP contribution in [0.1, 0.15) is 11.1 Å². The second kappa shape index (κ2) is 9.25. The first-order valence-corrected chi connectivity index (χ1v) is 8.31. The number of esters is 1. The number of carbonyl (C=O) groups is 2. The van der Waals surface area contributed by atoms with E-state index in [4.69, 9.17) is 16.3 Å². The number of benzene rings is 2. The maximum atomic E-state index is 11.7. The quantitative estimate of drug-likeness (QED) is 0.581. The van der Waals surface area contributed by atoms with E-state index in [0.717, 1.165) is 15.6 Å². The van der Waals surface area contributed by atoms with Crippen LogP contribution in [0.4, 0.5) is 0 Å². The summed E-state index contributed by atoms with van der Waals surface area (Å²) in [6, 6.07) is 14.6. The third-order valence-corrected chi connectivity index (χ3v) is 3.75. The maximum Gasteiger partial charge on any atom is 0.331 e. The van der Waals surface area contributed by atoms with Gasteiger partial charge in [0.25, 0.3) is 5.91 Å². The van der Waals surface area contributed by atoms with Gasteiger partial charge in [-0.15, -0.1) is 0 Å². The van der Waals surface area contributed by atoms with Crippen molar-refractivity contribution in [2.75, 3.05) is 6.61 Å². The van der Waals surface area contributed by atoms with E-state index in [9.17, 15) is 9.59 Å². The van der Waals surface area contributed by atoms with Crippen LogP contribution < -0.4 is 5.32 Å². The number of nitrogens with one attached hydrogen (secondary N) is 1. The first kappa shape index (κ1) is 18.2. The normalized spacial score (nSPS) is 10.6. The van der Waals surface area contributed by atoms with Crippen LogP contribution in [0.2, 0.25) is 5.02 Å². The van der Waals surface area contributed by atoms with Crippen molar-refractivity contribution in [3.63, 3.8) is 0 Å². The maximum absolute atomic E-state index is 11.7. The number of amides is 1. The topological polar surface area (TPSA) is 55.4 Å². The molecule has 0 radical (unpaired) electrons. The van der Waals surface area contributed by atoms with Gasteiger partial charge in [0.1, 0.15) is 0 Å². The van der Waals surface area contributed by atoms with Gasteiger partial charge in [0.2, 0.25) is 0 Å². The van der Waals surface area contributed by atoms with E-state index in [2.05, 4.69) is 21.2 Å². The van der Waals surface area contributed by atoms with E-state index in [0.29, 0.717) is 11.6 Å². The van der Waals surface area contributed by atoms with E-state index >= 15 is 0 Å². The molecule has 2 aromatic rings. The molecule has 124 valence electrons. The minimum Gasteiger partial charge on any atom is -0.452 e. The molecule has 0 aromatic heterocycles. The van der Waals surface area contributed by atoms with Crippen molar-refractivity contribution in [1.82, 2.24) is 5.32 Å². The lowest BCUT2D eigenvalue weighted by molar-refractivity contribution is -0.143. The Balaban J connectivity index is 1.72. The van der Waals surface area contributed by atoms with Gasteiger partial charge in [-0.05, 0) is 41.5 Å². The first-order chi connectivity index (χ1) is 11.5. The fourth-order valence-corrected chi connectivity index (χ4v) is 2.36. The molecule has 0 aliphatic heterocycles. The van der Waals surface area contributed by atoms with Crippen LogP contribution in [0.25, 0.3) is 6.08 Å². The summed E-state index contributed by atoms with van der Waals surface area (Å²) in [4.78, 5) is 23.3. The van der Waals surface area contributed by atoms with Crippen LogP contribution in [0.5, 0.6) is 0 Å². The number of ether oxygens (including phenoxy) is 1. The Hall–Kier alpha value is -2.11. The molecule has 2 aromatic carbocycles. The van der Waals surface area contributed by atoms with Crippen molar-refractivity contribution in [3.05, 3.63) is 75.2 Å². The average Bonchev–Trinajstić information content (AvgIpc) is 2.57. The molecule has 6 heteroatoms. The van der Waals surface area contributed by atoms with Gasteiger partial charge in [-0.2, -0.15) is 0 Å². The molecule has 0 saturated heterocycles. The summed E-state index contributed by atoms with van der Waals surface area (Å²) in [5.41, 5.74) is 1.77. The van der Waals surface area contributed by atoms with Crippen LogP contribution >= 0.6 is 27.5 Å². The molecular formula is C18H15BrClNO3. The Kier molecular flexibility index (Phi) is 7.03. The SMILES string of the molecule is O=C(COC(=O)/C=C/c1cccc(Br)c1)NCc1ccc(Cl)cc1. The standard InChI is InChI=1S/C18H15BrClNO3/c19-15-3-1-2-13(10-15)6-9-18(23)24-12-17(22)21-11-14-4-7-16(20)8-5-14/h1-10H,11-12H2,(H,21,22)/b9-6+. The number of carbonyl (C=O) groups excluding carboxylic acids is 2. The molecule has 2 rings (SSSR count). The van der Waals surface area contributed by atoms with Crippen molar-refractivity contribution in [3.8, 4) is 0 Å². The molecule has 0 spiro atoms. The zero-order chi connectivity index (χ0) is 17.4. The summed E-state index contributed by atoms with van der Waals surface area (Å²) in [7, 11) is 0. The van der Waals surface area contributed by atoms with Crippen molar-refractivity contribution in [1.29, 1.82) is 0 Å². The van der Waals surface area contributed by atoms with Gasteiger partial charge in [-0.25, -0.2) is 4.79 Å². The molecule has 0 unspecified atom stereocenters. The van der Waals surface area contributed by atoms with Gasteiger partial charge in [-0.1, -0.05) is 51.8 Å². The van der Waals surface area contributed by atoms with Gasteiger partial charge in [0, 0.05) is 22.1 Å². The highest BCUT2D eigenvalue weighted by Crippen LogP contribution is 2.12. The monoisotopic (exact) mass is 407 g/mol. The molecule has 24 heavy (non-hydrogen) atoms. The second-order valence-corrected chi connectivity index (χ2v) is 6.25. The van der Waals surface area contributed by atoms with Crippen molar-refractivity contribution < 1.29 is 14.3 Å². The molecule has 1 amide bonds. The number of halogens is 2. The molecule has 0 aliphatic carbocycles. The fourth-order valence-electron chi connectivity index (χ4n) is 1.81. The molecular weight excluding hydrogens is 394 g/mol. The highest BCUT2D eigenvalue weighted by Gasteiger charge is 2.05. The summed E-state index contributed by atoms with van der Waals surface area (Å²) in [6.45, 7) is 0.0245. The van der Waals surface area contributed by atoms with E-state index in [1.165, 1.54) is 6.08 Å². The van der Waals surface area contributed by atoms with E-state index in [-0.39, 0.29) is 12.5 Å². The van der Waals surface area contributed by atoms with Gasteiger partial charge in [-0.3, -0.25) is 4.79 Å². The zero-order valence-electron chi connectivity index (χ0n) is 12.7. The van der Waals surface area contributed by atoms with Gasteiger partial charge >= 0.3 is 5.97 Å². The summed E-state index contributed by atoms with van der Waals surface area (Å²) >= 11 is 9.14. The van der Waals surface area contributed by atoms with Crippen molar-refractivity contribution in [2.24, 2.45) is 0 Å². The summed E-state index contributed by atoms with van der Waals surface area (Å²) in [6.07, 6.45) is 2.91. The summed E-state index contributed by atoms with van der Waals surface area (Å²) in [5.74, 6) is -0.939. The molecule has 0 bridgehead atoms. The molecule has 4 nitrogen and oxygen atoms in total. The molecule has 0 fully saturated rings. The van der Waals surface area contributed by atoms with E-state index in [1.54, 1.807) is 18.2 Å². The Bertz CT molecular complexity index is 744. The fraction of sp³-hybridized carbons (Fsp3) is 0.111. The minimum absolute atomic E-state index is 0.324. The lowest BCUT2D eigenvalue weighted by Crippen LogP contribution is -2.28. The third kappa shape index (κ3) is 6.56. The van der Waals surface area contributed by atoms with Crippen LogP contribution in [-0.4, -0.2) is 18.5 Å². The lowest BCUT2D eigenvalue weighted by Gasteiger charge is -2.05. The Morgan fingerprint density at radius 3 is 2.62 bits per heavy atom. The average molecular weight is 409 g/mol. The number of rotatable bonds is 6. The predicted molar refractivity (Wildman–Crippen MR) is 97.4 cm³/mol. The van der Waals surface area contributed by atoms with Crippen LogP contribution in [0.15, 0.2) is 59.1 Å². The van der Waals surface area contributed by atoms with Gasteiger partial charge < -0.3 is 10.1 Å². The van der Waals surface area contributed by atoms with E-state index in [1.807, 2.05) is 36.4 Å². The molecule has 1 N–H and O–H groups in total. The van der Waals surface area contributed by atoms with Crippen LogP contribution in [0, 0.1) is 0 Å². The molecule has 0 heterocycles. The first-order valence-electron chi connectivity index (χ1n) is 7.14. The third-order valence-electron chi connectivity index (χ3n) is 3.01. The minimum atomic E-state index is -0.573. The zero-order valence-corrected chi connectivity index (χ0v) is 15.0. The Morgan fingerprint density at radius 1 is 1.17 bits per heavy atom. The summed E-state index contributed by atoms with van der Waals surface area (Å²) < 4.78 is 5.81. The smallest absolute Gasteiger partial charge is 0.331 e. The van der Waals surface area contributed by atoms with Crippen LogP contribution in [-0.2, 0) is 20.9 Å². The number of hydrogen-bond donors (Lipinski definition) is 1. The lowest BCUT2D eigenvalue weighted by atomic mass is 10.2. The molecule has 0 saturated carbocycles. The number of hydrogen-bond acceptors (Lipinski definition) is 3. The van der Waals surface area contributed by atoms with Crippen molar-refractivity contribution in [2.45, 2.75) is 6.54 Å². The van der Waals surface area contributed by atoms with Gasteiger partial charge in [0.05, 0.1) is 0 Å². The molecule has 0 atom stereocenters. The highest BCUT2D eigenvalue weighted by molar-refractivity contribution is 9.10. The largest absolute Gasteiger partial charge is 0.452 e. The molecule has 0 aliphatic rings. The van der Waals surface area contributed by atoms with Gasteiger partial charge in [0.15, 0.2) is 6.61 Å². The van der Waals surface area contributed by atoms with Crippen LogP contribution in [0.3, 0.4) is 0 Å². The predicted octanol–water partition coefficient (Wildman–Crippen LogP) is 3.98.